The van der Waals surface area contributed by atoms with Gasteiger partial charge >= 0.3 is 0 Å². The van der Waals surface area contributed by atoms with E-state index in [-0.39, 0.29) is 5.24 Å². The van der Waals surface area contributed by atoms with Crippen LogP contribution in [0.2, 0.25) is 0 Å². The first-order valence-electron chi connectivity index (χ1n) is 4.78. The van der Waals surface area contributed by atoms with Gasteiger partial charge in [0.05, 0.1) is 5.41 Å². The van der Waals surface area contributed by atoms with Crippen LogP contribution in [0.1, 0.15) is 31.4 Å². The zero-order chi connectivity index (χ0) is 10.8. The molecule has 1 unspecified atom stereocenters. The molecule has 76 valence electrons. The van der Waals surface area contributed by atoms with Gasteiger partial charge in [-0.15, -0.1) is 0 Å². The second-order valence-electron chi connectivity index (χ2n) is 3.83. The topological polar surface area (TPSA) is 17.1 Å². The number of halogens is 1. The van der Waals surface area contributed by atoms with Gasteiger partial charge in [0.25, 0.3) is 0 Å². The van der Waals surface area contributed by atoms with Gasteiger partial charge in [-0.2, -0.15) is 0 Å². The number of benzene rings is 1. The lowest BCUT2D eigenvalue weighted by Crippen LogP contribution is -2.28. The lowest BCUT2D eigenvalue weighted by molar-refractivity contribution is -0.116. The van der Waals surface area contributed by atoms with Crippen molar-refractivity contribution in [3.8, 4) is 0 Å². The minimum absolute atomic E-state index is 0.288. The summed E-state index contributed by atoms with van der Waals surface area (Å²) in [6, 6.07) is 7.95. The Kier molecular flexibility index (Phi) is 3.33. The fraction of sp³-hybridized carbons (Fsp3) is 0.417. The molecule has 1 rings (SSSR count). The van der Waals surface area contributed by atoms with Gasteiger partial charge in [-0.25, -0.2) is 0 Å². The molecule has 0 aliphatic heterocycles. The quantitative estimate of drug-likeness (QED) is 0.699. The van der Waals surface area contributed by atoms with Crippen molar-refractivity contribution in [3.05, 3.63) is 35.4 Å². The van der Waals surface area contributed by atoms with Crippen LogP contribution in [-0.4, -0.2) is 5.24 Å². The Morgan fingerprint density at radius 2 is 1.86 bits per heavy atom. The smallest absolute Gasteiger partial charge is 0.231 e. The molecule has 0 saturated carbocycles. The van der Waals surface area contributed by atoms with Gasteiger partial charge in [-0.05, 0) is 37.4 Å². The summed E-state index contributed by atoms with van der Waals surface area (Å²) in [5, 5.41) is -0.288. The predicted molar refractivity (Wildman–Crippen MR) is 59.7 cm³/mol. The molecular weight excluding hydrogens is 196 g/mol. The summed E-state index contributed by atoms with van der Waals surface area (Å²) in [4.78, 5) is 11.3. The van der Waals surface area contributed by atoms with Crippen LogP contribution in [0.15, 0.2) is 24.3 Å². The predicted octanol–water partition coefficient (Wildman–Crippen LogP) is 3.43. The monoisotopic (exact) mass is 210 g/mol. The van der Waals surface area contributed by atoms with Crippen LogP contribution >= 0.6 is 11.6 Å². The highest BCUT2D eigenvalue weighted by atomic mass is 35.5. The maximum Gasteiger partial charge on any atom is 0.231 e. The van der Waals surface area contributed by atoms with Crippen molar-refractivity contribution in [2.24, 2.45) is 0 Å². The van der Waals surface area contributed by atoms with E-state index in [2.05, 4.69) is 0 Å². The highest BCUT2D eigenvalue weighted by molar-refractivity contribution is 6.65. The second-order valence-corrected chi connectivity index (χ2v) is 4.17. The number of hydrogen-bond acceptors (Lipinski definition) is 1. The molecule has 2 heteroatoms. The van der Waals surface area contributed by atoms with E-state index in [4.69, 9.17) is 11.6 Å². The highest BCUT2D eigenvalue weighted by Gasteiger charge is 2.31. The molecule has 1 aromatic rings. The van der Waals surface area contributed by atoms with Crippen molar-refractivity contribution in [2.45, 2.75) is 32.6 Å². The van der Waals surface area contributed by atoms with Crippen molar-refractivity contribution >= 4 is 16.8 Å². The van der Waals surface area contributed by atoms with Crippen LogP contribution in [0, 0.1) is 6.92 Å². The molecule has 0 aromatic heterocycles. The van der Waals surface area contributed by atoms with Gasteiger partial charge in [0.2, 0.25) is 5.24 Å². The first-order chi connectivity index (χ1) is 6.50. The molecule has 0 heterocycles. The van der Waals surface area contributed by atoms with E-state index < -0.39 is 5.41 Å². The van der Waals surface area contributed by atoms with Gasteiger partial charge in [0.1, 0.15) is 0 Å². The van der Waals surface area contributed by atoms with E-state index in [0.717, 1.165) is 12.0 Å². The molecule has 0 aliphatic rings. The number of carbonyl (C=O) groups excluding carboxylic acids is 1. The average molecular weight is 211 g/mol. The summed E-state index contributed by atoms with van der Waals surface area (Å²) >= 11 is 5.62. The largest absolute Gasteiger partial charge is 0.280 e. The minimum Gasteiger partial charge on any atom is -0.280 e. The third-order valence-corrected chi connectivity index (χ3v) is 3.25. The van der Waals surface area contributed by atoms with Crippen LogP contribution in [0.25, 0.3) is 0 Å². The first kappa shape index (κ1) is 11.3. The van der Waals surface area contributed by atoms with E-state index in [1.807, 2.05) is 45.0 Å². The Labute approximate surface area is 90.1 Å². The second kappa shape index (κ2) is 4.14. The molecule has 1 aromatic carbocycles. The maximum absolute atomic E-state index is 11.3. The standard InChI is InChI=1S/C12H15ClO/c1-4-12(3,11(13)14)10-7-5-9(2)6-8-10/h5-8H,4H2,1-3H3. The summed E-state index contributed by atoms with van der Waals surface area (Å²) < 4.78 is 0. The highest BCUT2D eigenvalue weighted by Crippen LogP contribution is 2.30. The van der Waals surface area contributed by atoms with E-state index in [9.17, 15) is 4.79 Å². The summed E-state index contributed by atoms with van der Waals surface area (Å²) in [6.07, 6.45) is 0.721. The third-order valence-electron chi connectivity index (χ3n) is 2.83. The Bertz CT molecular complexity index is 329. The molecule has 0 amide bonds. The van der Waals surface area contributed by atoms with Crippen molar-refractivity contribution < 1.29 is 4.79 Å². The molecule has 14 heavy (non-hydrogen) atoms. The van der Waals surface area contributed by atoms with Gasteiger partial charge in [0.15, 0.2) is 0 Å². The van der Waals surface area contributed by atoms with Crippen LogP contribution < -0.4 is 0 Å². The van der Waals surface area contributed by atoms with Crippen LogP contribution in [0.4, 0.5) is 0 Å². The van der Waals surface area contributed by atoms with Crippen molar-refractivity contribution in [3.63, 3.8) is 0 Å². The number of aryl methyl sites for hydroxylation is 1. The SMILES string of the molecule is CCC(C)(C(=O)Cl)c1ccc(C)cc1. The number of hydrogen-bond donors (Lipinski definition) is 0. The Balaban J connectivity index is 3.13. The van der Waals surface area contributed by atoms with E-state index in [1.54, 1.807) is 0 Å². The third kappa shape index (κ3) is 1.98. The molecule has 1 atom stereocenters. The van der Waals surface area contributed by atoms with Gasteiger partial charge in [-0.3, -0.25) is 4.79 Å². The Morgan fingerprint density at radius 1 is 1.36 bits per heavy atom. The van der Waals surface area contributed by atoms with E-state index >= 15 is 0 Å². The average Bonchev–Trinajstić information content (AvgIpc) is 2.17. The molecule has 0 N–H and O–H groups in total. The molecule has 0 radical (unpaired) electrons. The zero-order valence-electron chi connectivity index (χ0n) is 8.80. The van der Waals surface area contributed by atoms with Crippen molar-refractivity contribution in [1.29, 1.82) is 0 Å². The van der Waals surface area contributed by atoms with Gasteiger partial charge in [0, 0.05) is 0 Å². The lowest BCUT2D eigenvalue weighted by Gasteiger charge is -2.24. The number of carbonyl (C=O) groups is 1. The normalized spacial score (nSPS) is 14.9. The van der Waals surface area contributed by atoms with E-state index in [1.165, 1.54) is 5.56 Å². The summed E-state index contributed by atoms with van der Waals surface area (Å²) in [7, 11) is 0. The summed E-state index contributed by atoms with van der Waals surface area (Å²) in [5.74, 6) is 0. The molecule has 0 bridgehead atoms. The molecule has 0 saturated heterocycles. The fourth-order valence-electron chi connectivity index (χ4n) is 1.38. The maximum atomic E-state index is 11.3. The van der Waals surface area contributed by atoms with Crippen LogP contribution in [-0.2, 0) is 10.2 Å². The molecule has 0 fully saturated rings. The Morgan fingerprint density at radius 3 is 2.21 bits per heavy atom. The molecule has 0 aliphatic carbocycles. The molecule has 1 nitrogen and oxygen atoms in total. The Hall–Kier alpha value is -0.820. The van der Waals surface area contributed by atoms with Gasteiger partial charge < -0.3 is 0 Å². The number of rotatable bonds is 3. The van der Waals surface area contributed by atoms with Crippen molar-refractivity contribution in [1.82, 2.24) is 0 Å². The van der Waals surface area contributed by atoms with Gasteiger partial charge in [-0.1, -0.05) is 36.8 Å². The van der Waals surface area contributed by atoms with Crippen LogP contribution in [0.5, 0.6) is 0 Å². The fourth-order valence-corrected chi connectivity index (χ4v) is 1.62. The minimum atomic E-state index is -0.546. The first-order valence-corrected chi connectivity index (χ1v) is 5.15. The summed E-state index contributed by atoms with van der Waals surface area (Å²) in [5.41, 5.74) is 1.63. The van der Waals surface area contributed by atoms with Crippen molar-refractivity contribution in [2.75, 3.05) is 0 Å². The molecule has 0 spiro atoms. The molecular formula is C12H15ClO. The van der Waals surface area contributed by atoms with E-state index in [0.29, 0.717) is 0 Å². The zero-order valence-corrected chi connectivity index (χ0v) is 9.56. The lowest BCUT2D eigenvalue weighted by atomic mass is 9.81. The van der Waals surface area contributed by atoms with Crippen LogP contribution in [0.3, 0.4) is 0 Å². The summed E-state index contributed by atoms with van der Waals surface area (Å²) in [6.45, 7) is 5.88.